The van der Waals surface area contributed by atoms with Gasteiger partial charge in [0.25, 0.3) is 5.92 Å². The summed E-state index contributed by atoms with van der Waals surface area (Å²) < 4.78 is 37.9. The fraction of sp³-hybridized carbons (Fsp3) is 0.923. The minimum absolute atomic E-state index is 0.190. The van der Waals surface area contributed by atoms with Gasteiger partial charge in [-0.25, -0.2) is 13.6 Å². The second kappa shape index (κ2) is 6.67. The molecule has 1 amide bonds. The normalized spacial score (nSPS) is 23.4. The molecule has 0 saturated carbocycles. The van der Waals surface area contributed by atoms with Crippen LogP contribution in [0.25, 0.3) is 0 Å². The second-order valence-corrected chi connectivity index (χ2v) is 6.02. The average Bonchev–Trinajstić information content (AvgIpc) is 2.26. The Morgan fingerprint density at radius 1 is 1.45 bits per heavy atom. The van der Waals surface area contributed by atoms with E-state index >= 15 is 0 Å². The molecular weight excluding hydrogens is 270 g/mol. The van der Waals surface area contributed by atoms with E-state index in [9.17, 15) is 13.6 Å². The fourth-order valence-corrected chi connectivity index (χ4v) is 2.05. The van der Waals surface area contributed by atoms with Crippen LogP contribution in [0.4, 0.5) is 13.6 Å². The quantitative estimate of drug-likeness (QED) is 0.860. The van der Waals surface area contributed by atoms with Crippen molar-refractivity contribution in [3.8, 4) is 0 Å². The van der Waals surface area contributed by atoms with Crippen LogP contribution in [0.3, 0.4) is 0 Å². The zero-order chi connectivity index (χ0) is 15.4. The number of ether oxygens (including phenoxy) is 2. The van der Waals surface area contributed by atoms with Gasteiger partial charge in [-0.1, -0.05) is 0 Å². The third kappa shape index (κ3) is 5.58. The van der Waals surface area contributed by atoms with Gasteiger partial charge in [-0.2, -0.15) is 0 Å². The number of hydrogen-bond donors (Lipinski definition) is 1. The molecule has 5 nitrogen and oxygen atoms in total. The van der Waals surface area contributed by atoms with E-state index in [0.717, 1.165) is 0 Å². The molecule has 1 aliphatic rings. The summed E-state index contributed by atoms with van der Waals surface area (Å²) in [5.74, 6) is -2.97. The van der Waals surface area contributed by atoms with Gasteiger partial charge in [0.05, 0.1) is 19.2 Å². The number of piperidine rings is 1. The Hall–Kier alpha value is -0.950. The maximum Gasteiger partial charge on any atom is 0.408 e. The number of hydrogen-bond acceptors (Lipinski definition) is 4. The van der Waals surface area contributed by atoms with E-state index in [1.54, 1.807) is 25.7 Å². The van der Waals surface area contributed by atoms with Crippen LogP contribution < -0.4 is 5.32 Å². The van der Waals surface area contributed by atoms with Crippen LogP contribution >= 0.6 is 0 Å². The van der Waals surface area contributed by atoms with E-state index in [-0.39, 0.29) is 13.0 Å². The van der Waals surface area contributed by atoms with Crippen LogP contribution in [0, 0.1) is 0 Å². The summed E-state index contributed by atoms with van der Waals surface area (Å²) in [4.78, 5) is 13.2. The van der Waals surface area contributed by atoms with E-state index in [0.29, 0.717) is 19.7 Å². The first kappa shape index (κ1) is 17.1. The monoisotopic (exact) mass is 294 g/mol. The molecule has 118 valence electrons. The minimum Gasteiger partial charge on any atom is -0.444 e. The van der Waals surface area contributed by atoms with E-state index in [4.69, 9.17) is 9.47 Å². The largest absolute Gasteiger partial charge is 0.444 e. The molecule has 0 aromatic heterocycles. The van der Waals surface area contributed by atoms with Crippen molar-refractivity contribution in [1.29, 1.82) is 0 Å². The van der Waals surface area contributed by atoms with Crippen LogP contribution in [0.2, 0.25) is 0 Å². The molecule has 0 aliphatic carbocycles. The van der Waals surface area contributed by atoms with Crippen molar-refractivity contribution in [2.24, 2.45) is 0 Å². The number of alkyl carbamates (subject to hydrolysis) is 1. The molecule has 1 saturated heterocycles. The topological polar surface area (TPSA) is 50.8 Å². The first-order valence-electron chi connectivity index (χ1n) is 6.73. The molecule has 7 heteroatoms. The van der Waals surface area contributed by atoms with Crippen molar-refractivity contribution in [2.45, 2.75) is 44.8 Å². The number of carbonyl (C=O) groups is 1. The summed E-state index contributed by atoms with van der Waals surface area (Å²) in [5, 5.41) is 2.27. The number of nitrogens with one attached hydrogen (secondary N) is 1. The predicted octanol–water partition coefficient (Wildman–Crippen LogP) is 1.87. The Bertz CT molecular complexity index is 332. The van der Waals surface area contributed by atoms with Crippen LogP contribution in [0.5, 0.6) is 0 Å². The fourth-order valence-electron chi connectivity index (χ4n) is 2.05. The highest BCUT2D eigenvalue weighted by Crippen LogP contribution is 2.27. The maximum atomic E-state index is 14.0. The zero-order valence-corrected chi connectivity index (χ0v) is 12.5. The lowest BCUT2D eigenvalue weighted by atomic mass is 10.0. The van der Waals surface area contributed by atoms with Crippen LogP contribution in [0.1, 0.15) is 27.2 Å². The van der Waals surface area contributed by atoms with Crippen LogP contribution in [-0.4, -0.2) is 61.9 Å². The molecule has 1 fully saturated rings. The third-order valence-electron chi connectivity index (χ3n) is 2.98. The summed E-state index contributed by atoms with van der Waals surface area (Å²) in [6.07, 6.45) is -0.608. The number of carbonyl (C=O) groups excluding carboxylic acids is 1. The number of alkyl halides is 2. The van der Waals surface area contributed by atoms with Crippen molar-refractivity contribution < 1.29 is 23.0 Å². The summed E-state index contributed by atoms with van der Waals surface area (Å²) in [7, 11) is 1.54. The van der Waals surface area contributed by atoms with E-state index in [2.05, 4.69) is 5.32 Å². The van der Waals surface area contributed by atoms with Crippen LogP contribution in [-0.2, 0) is 9.47 Å². The lowest BCUT2D eigenvalue weighted by molar-refractivity contribution is -0.0930. The number of amides is 1. The zero-order valence-electron chi connectivity index (χ0n) is 12.5. The molecule has 0 aromatic rings. The lowest BCUT2D eigenvalue weighted by Crippen LogP contribution is -2.59. The Morgan fingerprint density at radius 2 is 2.10 bits per heavy atom. The van der Waals surface area contributed by atoms with E-state index < -0.39 is 23.7 Å². The average molecular weight is 294 g/mol. The van der Waals surface area contributed by atoms with E-state index in [1.165, 1.54) is 7.11 Å². The highest BCUT2D eigenvalue weighted by atomic mass is 19.3. The SMILES string of the molecule is COCCN1CCC(NC(=O)OC(C)(C)C)C(F)(F)C1. The van der Waals surface area contributed by atoms with Crippen molar-refractivity contribution >= 4 is 6.09 Å². The first-order valence-corrected chi connectivity index (χ1v) is 6.73. The third-order valence-corrected chi connectivity index (χ3v) is 2.98. The van der Waals surface area contributed by atoms with Gasteiger partial charge < -0.3 is 14.8 Å². The molecule has 0 spiro atoms. The molecule has 0 bridgehead atoms. The molecule has 1 atom stereocenters. The second-order valence-electron chi connectivity index (χ2n) is 6.02. The number of halogens is 2. The number of methoxy groups -OCH3 is 1. The predicted molar refractivity (Wildman–Crippen MR) is 71.0 cm³/mol. The van der Waals surface area contributed by atoms with Crippen molar-refractivity contribution in [1.82, 2.24) is 10.2 Å². The van der Waals surface area contributed by atoms with Crippen molar-refractivity contribution in [3.63, 3.8) is 0 Å². The van der Waals surface area contributed by atoms with Gasteiger partial charge in [-0.05, 0) is 27.2 Å². The summed E-state index contributed by atoms with van der Waals surface area (Å²) in [6, 6.07) is -1.18. The molecule has 0 aromatic carbocycles. The van der Waals surface area contributed by atoms with Gasteiger partial charge in [0, 0.05) is 20.2 Å². The molecule has 1 rings (SSSR count). The van der Waals surface area contributed by atoms with Gasteiger partial charge >= 0.3 is 6.09 Å². The molecule has 1 aliphatic heterocycles. The Balaban J connectivity index is 2.50. The van der Waals surface area contributed by atoms with Crippen LogP contribution in [0.15, 0.2) is 0 Å². The number of nitrogens with zero attached hydrogens (tertiary/aromatic N) is 1. The molecular formula is C13H24F2N2O3. The van der Waals surface area contributed by atoms with Gasteiger partial charge in [-0.3, -0.25) is 4.90 Å². The smallest absolute Gasteiger partial charge is 0.408 e. The van der Waals surface area contributed by atoms with Gasteiger partial charge in [0.2, 0.25) is 0 Å². The lowest BCUT2D eigenvalue weighted by Gasteiger charge is -2.38. The molecule has 20 heavy (non-hydrogen) atoms. The Kier molecular flexibility index (Phi) is 5.70. The summed E-state index contributed by atoms with van der Waals surface area (Å²) >= 11 is 0. The first-order chi connectivity index (χ1) is 9.14. The molecule has 0 radical (unpaired) electrons. The summed E-state index contributed by atoms with van der Waals surface area (Å²) in [5.41, 5.74) is -0.696. The standard InChI is InChI=1S/C13H24F2N2O3/c1-12(2,3)20-11(18)16-10-5-6-17(7-8-19-4)9-13(10,14)15/h10H,5-9H2,1-4H3,(H,16,18). The van der Waals surface area contributed by atoms with Gasteiger partial charge in [0.1, 0.15) is 5.60 Å². The van der Waals surface area contributed by atoms with Crippen molar-refractivity contribution in [3.05, 3.63) is 0 Å². The summed E-state index contributed by atoms with van der Waals surface area (Å²) in [6.45, 7) is 6.08. The molecule has 1 unspecified atom stereocenters. The highest BCUT2D eigenvalue weighted by molar-refractivity contribution is 5.68. The Labute approximate surface area is 118 Å². The maximum absolute atomic E-state index is 14.0. The molecule has 1 heterocycles. The number of likely N-dealkylation sites (tertiary alicyclic amines) is 1. The molecule has 1 N–H and O–H groups in total. The highest BCUT2D eigenvalue weighted by Gasteiger charge is 2.45. The van der Waals surface area contributed by atoms with Gasteiger partial charge in [0.15, 0.2) is 0 Å². The Morgan fingerprint density at radius 3 is 2.60 bits per heavy atom. The van der Waals surface area contributed by atoms with Crippen molar-refractivity contribution in [2.75, 3.05) is 33.4 Å². The number of rotatable bonds is 4. The van der Waals surface area contributed by atoms with Gasteiger partial charge in [-0.15, -0.1) is 0 Å². The minimum atomic E-state index is -2.97. The van der Waals surface area contributed by atoms with E-state index in [1.807, 2.05) is 0 Å².